The lowest BCUT2D eigenvalue weighted by molar-refractivity contribution is -0.136. The molecule has 0 unspecified atom stereocenters. The minimum absolute atomic E-state index is 0.0343. The Morgan fingerprint density at radius 3 is 2.24 bits per heavy atom. The van der Waals surface area contributed by atoms with Crippen LogP contribution in [0.4, 0.5) is 11.4 Å². The SMILES string of the molecule is Nc1ccc(NC(=O)C(=O)NCc2ccc(S(N)(=O)=O)cc2)c(Cl)c1. The van der Waals surface area contributed by atoms with Crippen molar-refractivity contribution in [2.75, 3.05) is 11.1 Å². The van der Waals surface area contributed by atoms with Gasteiger partial charge < -0.3 is 16.4 Å². The summed E-state index contributed by atoms with van der Waals surface area (Å²) >= 11 is 5.92. The van der Waals surface area contributed by atoms with E-state index in [9.17, 15) is 18.0 Å². The number of hydrogen-bond donors (Lipinski definition) is 4. The van der Waals surface area contributed by atoms with Crippen molar-refractivity contribution in [2.24, 2.45) is 5.14 Å². The number of sulfonamides is 1. The molecule has 0 aliphatic heterocycles. The zero-order valence-electron chi connectivity index (χ0n) is 12.8. The first kappa shape index (κ1) is 18.7. The highest BCUT2D eigenvalue weighted by Crippen LogP contribution is 2.23. The molecule has 10 heteroatoms. The van der Waals surface area contributed by atoms with E-state index in [1.807, 2.05) is 0 Å². The summed E-state index contributed by atoms with van der Waals surface area (Å²) in [6.07, 6.45) is 0. The maximum Gasteiger partial charge on any atom is 0.313 e. The molecular weight excluding hydrogens is 368 g/mol. The molecule has 132 valence electrons. The van der Waals surface area contributed by atoms with Crippen LogP contribution in [-0.4, -0.2) is 20.2 Å². The number of primary sulfonamides is 1. The summed E-state index contributed by atoms with van der Waals surface area (Å²) < 4.78 is 22.3. The lowest BCUT2D eigenvalue weighted by atomic mass is 10.2. The Bertz CT molecular complexity index is 914. The fourth-order valence-electron chi connectivity index (χ4n) is 1.87. The van der Waals surface area contributed by atoms with Crippen LogP contribution in [0.15, 0.2) is 47.4 Å². The third kappa shape index (κ3) is 5.18. The fraction of sp³-hybridized carbons (Fsp3) is 0.0667. The molecule has 25 heavy (non-hydrogen) atoms. The standard InChI is InChI=1S/C15H15ClN4O4S/c16-12-7-10(17)3-6-13(12)20-15(22)14(21)19-8-9-1-4-11(5-2-9)25(18,23)24/h1-7H,8,17H2,(H,19,21)(H,20,22)(H2,18,23,24). The molecule has 6 N–H and O–H groups in total. The molecule has 0 aromatic heterocycles. The van der Waals surface area contributed by atoms with E-state index >= 15 is 0 Å². The highest BCUT2D eigenvalue weighted by atomic mass is 35.5. The van der Waals surface area contributed by atoms with E-state index in [-0.39, 0.29) is 22.2 Å². The molecule has 0 saturated carbocycles. The van der Waals surface area contributed by atoms with Gasteiger partial charge in [0.1, 0.15) is 0 Å². The first-order valence-electron chi connectivity index (χ1n) is 6.93. The predicted octanol–water partition coefficient (Wildman–Crippen LogP) is 0.825. The molecule has 0 spiro atoms. The summed E-state index contributed by atoms with van der Waals surface area (Å²) in [6.45, 7) is 0.0343. The van der Waals surface area contributed by atoms with E-state index in [4.69, 9.17) is 22.5 Å². The van der Waals surface area contributed by atoms with Gasteiger partial charge in [-0.05, 0) is 35.9 Å². The van der Waals surface area contributed by atoms with Crippen molar-refractivity contribution in [3.8, 4) is 0 Å². The van der Waals surface area contributed by atoms with Crippen molar-refractivity contribution in [1.29, 1.82) is 0 Å². The molecular formula is C15H15ClN4O4S. The lowest BCUT2D eigenvalue weighted by Gasteiger charge is -2.09. The van der Waals surface area contributed by atoms with Crippen LogP contribution >= 0.6 is 11.6 Å². The van der Waals surface area contributed by atoms with Crippen LogP contribution in [0.2, 0.25) is 5.02 Å². The van der Waals surface area contributed by atoms with E-state index in [2.05, 4.69) is 10.6 Å². The van der Waals surface area contributed by atoms with Gasteiger partial charge in [-0.3, -0.25) is 9.59 Å². The van der Waals surface area contributed by atoms with Gasteiger partial charge in [0.25, 0.3) is 0 Å². The van der Waals surface area contributed by atoms with Crippen LogP contribution in [-0.2, 0) is 26.2 Å². The lowest BCUT2D eigenvalue weighted by Crippen LogP contribution is -2.35. The molecule has 2 rings (SSSR count). The third-order valence-electron chi connectivity index (χ3n) is 3.15. The van der Waals surface area contributed by atoms with Crippen LogP contribution in [0.3, 0.4) is 0 Å². The number of carbonyl (C=O) groups is 2. The topological polar surface area (TPSA) is 144 Å². The van der Waals surface area contributed by atoms with Crippen LogP contribution in [0.25, 0.3) is 0 Å². The average Bonchev–Trinajstić information content (AvgIpc) is 2.54. The second-order valence-corrected chi connectivity index (χ2v) is 7.03. The molecule has 0 aliphatic carbocycles. The van der Waals surface area contributed by atoms with Crippen LogP contribution in [0.5, 0.6) is 0 Å². The van der Waals surface area contributed by atoms with Crippen LogP contribution in [0, 0.1) is 0 Å². The van der Waals surface area contributed by atoms with Gasteiger partial charge in [0.2, 0.25) is 10.0 Å². The summed E-state index contributed by atoms with van der Waals surface area (Å²) in [6, 6.07) is 10.0. The van der Waals surface area contributed by atoms with Gasteiger partial charge in [0.05, 0.1) is 15.6 Å². The summed E-state index contributed by atoms with van der Waals surface area (Å²) in [7, 11) is -3.78. The fourth-order valence-corrected chi connectivity index (χ4v) is 2.62. The number of hydrogen-bond acceptors (Lipinski definition) is 5. The first-order chi connectivity index (χ1) is 11.7. The minimum Gasteiger partial charge on any atom is -0.399 e. The van der Waals surface area contributed by atoms with Crippen molar-refractivity contribution in [1.82, 2.24) is 5.32 Å². The number of benzene rings is 2. The molecule has 8 nitrogen and oxygen atoms in total. The van der Waals surface area contributed by atoms with Gasteiger partial charge in [0.15, 0.2) is 0 Å². The predicted molar refractivity (Wildman–Crippen MR) is 94.2 cm³/mol. The number of anilines is 2. The molecule has 0 saturated heterocycles. The van der Waals surface area contributed by atoms with Gasteiger partial charge in [-0.2, -0.15) is 0 Å². The van der Waals surface area contributed by atoms with E-state index in [1.54, 1.807) is 0 Å². The van der Waals surface area contributed by atoms with Crippen molar-refractivity contribution >= 4 is 44.8 Å². The highest BCUT2D eigenvalue weighted by molar-refractivity contribution is 7.89. The highest BCUT2D eigenvalue weighted by Gasteiger charge is 2.15. The van der Waals surface area contributed by atoms with Gasteiger partial charge in [0, 0.05) is 12.2 Å². The molecule has 0 fully saturated rings. The first-order valence-corrected chi connectivity index (χ1v) is 8.85. The van der Waals surface area contributed by atoms with E-state index in [1.165, 1.54) is 42.5 Å². The zero-order valence-corrected chi connectivity index (χ0v) is 14.4. The van der Waals surface area contributed by atoms with E-state index in [0.29, 0.717) is 11.3 Å². The molecule has 0 aliphatic rings. The van der Waals surface area contributed by atoms with Crippen molar-refractivity contribution in [3.63, 3.8) is 0 Å². The van der Waals surface area contributed by atoms with Gasteiger partial charge >= 0.3 is 11.8 Å². The number of nitrogens with one attached hydrogen (secondary N) is 2. The van der Waals surface area contributed by atoms with Gasteiger partial charge in [-0.1, -0.05) is 23.7 Å². The summed E-state index contributed by atoms with van der Waals surface area (Å²) in [5.74, 6) is -1.77. The maximum absolute atomic E-state index is 11.8. The summed E-state index contributed by atoms with van der Waals surface area (Å²) in [4.78, 5) is 23.6. The number of halogens is 1. The molecule has 0 radical (unpaired) electrons. The summed E-state index contributed by atoms with van der Waals surface area (Å²) in [5, 5.41) is 9.98. The van der Waals surface area contributed by atoms with E-state index in [0.717, 1.165) is 0 Å². The number of carbonyl (C=O) groups excluding carboxylic acids is 2. The molecule has 2 aromatic rings. The van der Waals surface area contributed by atoms with Crippen LogP contribution in [0.1, 0.15) is 5.56 Å². The largest absolute Gasteiger partial charge is 0.399 e. The Balaban J connectivity index is 1.94. The third-order valence-corrected chi connectivity index (χ3v) is 4.39. The average molecular weight is 383 g/mol. The Morgan fingerprint density at radius 2 is 1.68 bits per heavy atom. The molecule has 0 heterocycles. The smallest absolute Gasteiger partial charge is 0.313 e. The minimum atomic E-state index is -3.78. The summed E-state index contributed by atoms with van der Waals surface area (Å²) in [5.41, 5.74) is 6.83. The number of rotatable bonds is 4. The van der Waals surface area contributed by atoms with Crippen LogP contribution < -0.4 is 21.5 Å². The number of nitrogens with two attached hydrogens (primary N) is 2. The maximum atomic E-state index is 11.8. The van der Waals surface area contributed by atoms with Gasteiger partial charge in [-0.15, -0.1) is 0 Å². The Hall–Kier alpha value is -2.62. The number of nitrogen functional groups attached to an aromatic ring is 1. The second-order valence-electron chi connectivity index (χ2n) is 5.07. The van der Waals surface area contributed by atoms with Crippen molar-refractivity contribution < 1.29 is 18.0 Å². The molecule has 0 atom stereocenters. The van der Waals surface area contributed by atoms with Gasteiger partial charge in [-0.25, -0.2) is 13.6 Å². The number of amides is 2. The Kier molecular flexibility index (Phi) is 5.62. The zero-order chi connectivity index (χ0) is 18.6. The second kappa shape index (κ2) is 7.51. The normalized spacial score (nSPS) is 11.0. The molecule has 0 bridgehead atoms. The Labute approximate surface area is 149 Å². The van der Waals surface area contributed by atoms with Crippen molar-refractivity contribution in [3.05, 3.63) is 53.1 Å². The molecule has 2 amide bonds. The van der Waals surface area contributed by atoms with Crippen molar-refractivity contribution in [2.45, 2.75) is 11.4 Å². The Morgan fingerprint density at radius 1 is 1.04 bits per heavy atom. The monoisotopic (exact) mass is 382 g/mol. The quantitative estimate of drug-likeness (QED) is 0.457. The van der Waals surface area contributed by atoms with E-state index < -0.39 is 21.8 Å². The molecule has 2 aromatic carbocycles.